The van der Waals surface area contributed by atoms with E-state index in [0.29, 0.717) is 11.9 Å². The Kier molecular flexibility index (Phi) is 5.99. The maximum atomic E-state index is 4.50. The average Bonchev–Trinajstić information content (AvgIpc) is 2.53. The van der Waals surface area contributed by atoms with Crippen LogP contribution in [0.3, 0.4) is 0 Å². The molecule has 1 aromatic heterocycles. The van der Waals surface area contributed by atoms with E-state index in [9.17, 15) is 0 Å². The minimum Gasteiger partial charge on any atom is -0.368 e. The zero-order valence-electron chi connectivity index (χ0n) is 12.4. The number of hydrogen-bond donors (Lipinski definition) is 2. The molecule has 0 bridgehead atoms. The van der Waals surface area contributed by atoms with Gasteiger partial charge < -0.3 is 10.6 Å². The second-order valence-corrected chi connectivity index (χ2v) is 5.86. The van der Waals surface area contributed by atoms with Crippen molar-refractivity contribution in [2.45, 2.75) is 26.2 Å². The highest BCUT2D eigenvalue weighted by molar-refractivity contribution is 9.10. The summed E-state index contributed by atoms with van der Waals surface area (Å²) in [5.74, 6) is 1.90. The zero-order valence-corrected chi connectivity index (χ0v) is 14.0. The first-order valence-electron chi connectivity index (χ1n) is 7.26. The van der Waals surface area contributed by atoms with E-state index in [1.54, 1.807) is 6.20 Å². The van der Waals surface area contributed by atoms with E-state index in [1.807, 2.05) is 6.07 Å². The molecule has 0 spiro atoms. The second-order valence-electron chi connectivity index (χ2n) is 5.01. The van der Waals surface area contributed by atoms with Gasteiger partial charge in [-0.25, -0.2) is 4.98 Å². The SMILES string of the molecule is CCCNc1ncc(Br)c(NCC(C)c2ccccc2)n1. The lowest BCUT2D eigenvalue weighted by Crippen LogP contribution is -2.13. The Labute approximate surface area is 134 Å². The second kappa shape index (κ2) is 7.98. The zero-order chi connectivity index (χ0) is 15.1. The predicted molar refractivity (Wildman–Crippen MR) is 91.9 cm³/mol. The standard InChI is InChI=1S/C16H21BrN4/c1-3-9-18-16-20-11-14(17)15(21-16)19-10-12(2)13-7-5-4-6-8-13/h4-8,11-12H,3,9-10H2,1-2H3,(H2,18,19,20,21). The molecule has 0 radical (unpaired) electrons. The molecule has 4 nitrogen and oxygen atoms in total. The van der Waals surface area contributed by atoms with E-state index in [2.05, 4.69) is 74.6 Å². The number of benzene rings is 1. The number of anilines is 2. The average molecular weight is 349 g/mol. The molecular weight excluding hydrogens is 328 g/mol. The fourth-order valence-corrected chi connectivity index (χ4v) is 2.29. The van der Waals surface area contributed by atoms with Gasteiger partial charge in [-0.15, -0.1) is 0 Å². The molecule has 0 aliphatic rings. The fraction of sp³-hybridized carbons (Fsp3) is 0.375. The molecule has 21 heavy (non-hydrogen) atoms. The van der Waals surface area contributed by atoms with Crippen molar-refractivity contribution in [2.75, 3.05) is 23.7 Å². The van der Waals surface area contributed by atoms with E-state index in [1.165, 1.54) is 5.56 Å². The monoisotopic (exact) mass is 348 g/mol. The van der Waals surface area contributed by atoms with Crippen molar-refractivity contribution in [3.63, 3.8) is 0 Å². The summed E-state index contributed by atoms with van der Waals surface area (Å²) in [5.41, 5.74) is 1.32. The topological polar surface area (TPSA) is 49.8 Å². The van der Waals surface area contributed by atoms with Crippen LogP contribution in [0.25, 0.3) is 0 Å². The van der Waals surface area contributed by atoms with E-state index >= 15 is 0 Å². The Morgan fingerprint density at radius 2 is 1.95 bits per heavy atom. The van der Waals surface area contributed by atoms with Gasteiger partial charge in [0.05, 0.1) is 4.47 Å². The van der Waals surface area contributed by atoms with Gasteiger partial charge in [-0.2, -0.15) is 4.98 Å². The summed E-state index contributed by atoms with van der Waals surface area (Å²) in [6.45, 7) is 6.02. The lowest BCUT2D eigenvalue weighted by Gasteiger charge is -2.15. The molecular formula is C16H21BrN4. The maximum absolute atomic E-state index is 4.50. The quantitative estimate of drug-likeness (QED) is 0.784. The van der Waals surface area contributed by atoms with Crippen LogP contribution in [0.1, 0.15) is 31.7 Å². The van der Waals surface area contributed by atoms with Gasteiger partial charge in [0.25, 0.3) is 0 Å². The molecule has 0 aliphatic carbocycles. The molecule has 1 heterocycles. The van der Waals surface area contributed by atoms with Crippen LogP contribution < -0.4 is 10.6 Å². The van der Waals surface area contributed by atoms with E-state index in [-0.39, 0.29) is 0 Å². The maximum Gasteiger partial charge on any atom is 0.224 e. The lowest BCUT2D eigenvalue weighted by molar-refractivity contribution is 0.800. The third-order valence-corrected chi connectivity index (χ3v) is 3.80. The smallest absolute Gasteiger partial charge is 0.224 e. The molecule has 0 fully saturated rings. The van der Waals surface area contributed by atoms with Crippen molar-refractivity contribution in [1.29, 1.82) is 0 Å². The summed E-state index contributed by atoms with van der Waals surface area (Å²) in [4.78, 5) is 8.75. The van der Waals surface area contributed by atoms with E-state index in [4.69, 9.17) is 0 Å². The molecule has 5 heteroatoms. The molecule has 1 aromatic carbocycles. The Morgan fingerprint density at radius 1 is 1.19 bits per heavy atom. The number of nitrogens with one attached hydrogen (secondary N) is 2. The Balaban J connectivity index is 1.99. The first-order valence-corrected chi connectivity index (χ1v) is 8.05. The number of aromatic nitrogens is 2. The molecule has 1 atom stereocenters. The summed E-state index contributed by atoms with van der Waals surface area (Å²) in [7, 11) is 0. The van der Waals surface area contributed by atoms with Gasteiger partial charge in [0.2, 0.25) is 5.95 Å². The van der Waals surface area contributed by atoms with Crippen LogP contribution in [0.4, 0.5) is 11.8 Å². The molecule has 2 N–H and O–H groups in total. The van der Waals surface area contributed by atoms with Crippen molar-refractivity contribution < 1.29 is 0 Å². The molecule has 2 rings (SSSR count). The summed E-state index contributed by atoms with van der Waals surface area (Å²) in [6.07, 6.45) is 2.83. The van der Waals surface area contributed by atoms with E-state index in [0.717, 1.165) is 29.8 Å². The Hall–Kier alpha value is -1.62. The third kappa shape index (κ3) is 4.70. The van der Waals surface area contributed by atoms with E-state index < -0.39 is 0 Å². The van der Waals surface area contributed by atoms with Gasteiger partial charge in [0, 0.05) is 19.3 Å². The van der Waals surface area contributed by atoms with Crippen molar-refractivity contribution in [1.82, 2.24) is 9.97 Å². The molecule has 0 amide bonds. The van der Waals surface area contributed by atoms with Crippen LogP contribution in [0.15, 0.2) is 41.0 Å². The first kappa shape index (κ1) is 15.8. The van der Waals surface area contributed by atoms with Crippen LogP contribution in [0, 0.1) is 0 Å². The number of rotatable bonds is 7. The number of nitrogens with zero attached hydrogens (tertiary/aromatic N) is 2. The predicted octanol–water partition coefficient (Wildman–Crippen LogP) is 4.28. The van der Waals surface area contributed by atoms with Gasteiger partial charge in [0.15, 0.2) is 0 Å². The number of hydrogen-bond acceptors (Lipinski definition) is 4. The molecule has 0 saturated heterocycles. The molecule has 0 saturated carbocycles. The molecule has 1 unspecified atom stereocenters. The lowest BCUT2D eigenvalue weighted by atomic mass is 10.0. The largest absolute Gasteiger partial charge is 0.368 e. The fourth-order valence-electron chi connectivity index (χ4n) is 1.96. The van der Waals surface area contributed by atoms with Gasteiger partial charge in [-0.05, 0) is 33.8 Å². The van der Waals surface area contributed by atoms with Crippen LogP contribution in [-0.4, -0.2) is 23.1 Å². The van der Waals surface area contributed by atoms with Gasteiger partial charge in [0.1, 0.15) is 5.82 Å². The van der Waals surface area contributed by atoms with Crippen LogP contribution in [0.5, 0.6) is 0 Å². The third-order valence-electron chi connectivity index (χ3n) is 3.22. The highest BCUT2D eigenvalue weighted by Crippen LogP contribution is 2.22. The van der Waals surface area contributed by atoms with Crippen molar-refractivity contribution in [3.05, 3.63) is 46.6 Å². The van der Waals surface area contributed by atoms with Gasteiger partial charge in [-0.1, -0.05) is 44.2 Å². The summed E-state index contributed by atoms with van der Waals surface area (Å²) >= 11 is 3.49. The number of halogens is 1. The summed E-state index contributed by atoms with van der Waals surface area (Å²) in [5, 5.41) is 6.59. The molecule has 2 aromatic rings. The minimum atomic E-state index is 0.417. The van der Waals surface area contributed by atoms with Crippen LogP contribution >= 0.6 is 15.9 Å². The van der Waals surface area contributed by atoms with Crippen LogP contribution in [0.2, 0.25) is 0 Å². The molecule has 112 valence electrons. The Morgan fingerprint density at radius 3 is 2.67 bits per heavy atom. The highest BCUT2D eigenvalue weighted by atomic mass is 79.9. The molecule has 0 aliphatic heterocycles. The van der Waals surface area contributed by atoms with Gasteiger partial charge >= 0.3 is 0 Å². The minimum absolute atomic E-state index is 0.417. The summed E-state index contributed by atoms with van der Waals surface area (Å²) in [6, 6.07) is 10.5. The van der Waals surface area contributed by atoms with Crippen LogP contribution in [-0.2, 0) is 0 Å². The highest BCUT2D eigenvalue weighted by Gasteiger charge is 2.08. The Bertz CT molecular complexity index is 559. The van der Waals surface area contributed by atoms with Crippen molar-refractivity contribution in [3.8, 4) is 0 Å². The van der Waals surface area contributed by atoms with Crippen molar-refractivity contribution >= 4 is 27.7 Å². The first-order chi connectivity index (χ1) is 10.2. The summed E-state index contributed by atoms with van der Waals surface area (Å²) < 4.78 is 0.879. The van der Waals surface area contributed by atoms with Gasteiger partial charge in [-0.3, -0.25) is 0 Å². The normalized spacial score (nSPS) is 12.0. The van der Waals surface area contributed by atoms with Crippen molar-refractivity contribution in [2.24, 2.45) is 0 Å².